The lowest BCUT2D eigenvalue weighted by Gasteiger charge is -2.30. The van der Waals surface area contributed by atoms with Gasteiger partial charge < -0.3 is 14.1 Å². The topological polar surface area (TPSA) is 102 Å². The van der Waals surface area contributed by atoms with Crippen molar-refractivity contribution in [2.24, 2.45) is 0 Å². The van der Waals surface area contributed by atoms with Crippen LogP contribution in [0.1, 0.15) is 34.3 Å². The molecule has 5 rings (SSSR count). The molecule has 5 aromatic rings. The lowest BCUT2D eigenvalue weighted by Crippen LogP contribution is -2.35. The smallest absolute Gasteiger partial charge is 0.253 e. The van der Waals surface area contributed by atoms with Crippen molar-refractivity contribution in [1.82, 2.24) is 30.1 Å². The number of fused-ring (bicyclic) bond motifs is 1. The average molecular weight is 485 g/mol. The van der Waals surface area contributed by atoms with Gasteiger partial charge in [0.15, 0.2) is 5.82 Å². The molecule has 0 saturated heterocycles. The first-order chi connectivity index (χ1) is 17.6. The van der Waals surface area contributed by atoms with Gasteiger partial charge in [-0.15, -0.1) is 5.10 Å². The summed E-state index contributed by atoms with van der Waals surface area (Å²) in [6.45, 7) is 3.93. The number of nitrogens with zero attached hydrogens (tertiary/aromatic N) is 5. The molecule has 0 radical (unpaired) electrons. The average Bonchev–Trinajstić information content (AvgIpc) is 3.56. The van der Waals surface area contributed by atoms with E-state index in [1.54, 1.807) is 18.1 Å². The second kappa shape index (κ2) is 10.7. The van der Waals surface area contributed by atoms with Crippen molar-refractivity contribution in [2.45, 2.75) is 32.6 Å². The van der Waals surface area contributed by atoms with Crippen LogP contribution in [0.25, 0.3) is 10.9 Å². The van der Waals surface area contributed by atoms with Crippen LogP contribution in [0.3, 0.4) is 0 Å². The van der Waals surface area contributed by atoms with Gasteiger partial charge in [-0.2, -0.15) is 0 Å². The summed E-state index contributed by atoms with van der Waals surface area (Å²) in [5, 5.41) is 13.5. The van der Waals surface area contributed by atoms with Gasteiger partial charge in [-0.3, -0.25) is 9.69 Å². The van der Waals surface area contributed by atoms with E-state index in [0.717, 1.165) is 27.8 Å². The van der Waals surface area contributed by atoms with Gasteiger partial charge in [0.05, 0.1) is 26.0 Å². The van der Waals surface area contributed by atoms with Crippen molar-refractivity contribution in [2.75, 3.05) is 13.7 Å². The van der Waals surface area contributed by atoms with Crippen molar-refractivity contribution in [1.29, 1.82) is 0 Å². The van der Waals surface area contributed by atoms with E-state index in [1.165, 1.54) is 0 Å². The van der Waals surface area contributed by atoms with E-state index < -0.39 is 6.04 Å². The van der Waals surface area contributed by atoms with E-state index in [2.05, 4.69) is 43.6 Å². The Morgan fingerprint density at radius 2 is 1.94 bits per heavy atom. The van der Waals surface area contributed by atoms with Crippen molar-refractivity contribution in [3.8, 4) is 0 Å². The maximum absolute atomic E-state index is 13.5. The van der Waals surface area contributed by atoms with Crippen LogP contribution in [-0.2, 0) is 24.4 Å². The number of ether oxygens (including phenoxy) is 1. The van der Waals surface area contributed by atoms with Gasteiger partial charge in [0, 0.05) is 24.7 Å². The number of H-pyrrole nitrogens is 1. The third-order valence-electron chi connectivity index (χ3n) is 6.17. The van der Waals surface area contributed by atoms with E-state index >= 15 is 0 Å². The van der Waals surface area contributed by atoms with E-state index in [-0.39, 0.29) is 5.56 Å². The fourth-order valence-electron chi connectivity index (χ4n) is 4.45. The van der Waals surface area contributed by atoms with Gasteiger partial charge in [-0.25, -0.2) is 4.68 Å². The highest BCUT2D eigenvalue weighted by Gasteiger charge is 2.31. The Morgan fingerprint density at radius 3 is 2.72 bits per heavy atom. The molecule has 1 N–H and O–H groups in total. The standard InChI is InChI=1S/C27H28N6O3/c1-19-10-11-24-21(15-19)16-23(27(34)28-24)25(26-29-30-31-33(26)12-14-35-2)32(18-22-9-6-13-36-22)17-20-7-4-3-5-8-20/h3-11,13,15-16,25H,12,14,17-18H2,1-2H3,(H,28,34)/t25-/m1/s1. The molecule has 0 aliphatic heterocycles. The Bertz CT molecular complexity index is 1480. The molecule has 0 aliphatic rings. The molecular weight excluding hydrogens is 456 g/mol. The number of aromatic amines is 1. The highest BCUT2D eigenvalue weighted by atomic mass is 16.5. The van der Waals surface area contributed by atoms with Gasteiger partial charge in [-0.05, 0) is 58.6 Å². The van der Waals surface area contributed by atoms with Gasteiger partial charge in [0.25, 0.3) is 5.56 Å². The minimum Gasteiger partial charge on any atom is -0.468 e. The summed E-state index contributed by atoms with van der Waals surface area (Å²) < 4.78 is 12.7. The van der Waals surface area contributed by atoms with Crippen LogP contribution >= 0.6 is 0 Å². The minimum atomic E-state index is -0.546. The predicted octanol–water partition coefficient (Wildman–Crippen LogP) is 3.85. The Hall–Kier alpha value is -4.08. The molecule has 0 bridgehead atoms. The third kappa shape index (κ3) is 5.12. The summed E-state index contributed by atoms with van der Waals surface area (Å²) >= 11 is 0. The summed E-state index contributed by atoms with van der Waals surface area (Å²) in [4.78, 5) is 18.8. The lowest BCUT2D eigenvalue weighted by molar-refractivity contribution is 0.163. The molecule has 36 heavy (non-hydrogen) atoms. The fraction of sp³-hybridized carbons (Fsp3) is 0.259. The Morgan fingerprint density at radius 1 is 1.08 bits per heavy atom. The van der Waals surface area contributed by atoms with Crippen molar-refractivity contribution >= 4 is 10.9 Å². The van der Waals surface area contributed by atoms with Gasteiger partial charge in [0.1, 0.15) is 11.8 Å². The van der Waals surface area contributed by atoms with Crippen molar-refractivity contribution in [3.63, 3.8) is 0 Å². The number of hydrogen-bond acceptors (Lipinski definition) is 7. The molecule has 0 aliphatic carbocycles. The van der Waals surface area contributed by atoms with Crippen LogP contribution in [0.5, 0.6) is 0 Å². The summed E-state index contributed by atoms with van der Waals surface area (Å²) in [6, 6.07) is 21.3. The van der Waals surface area contributed by atoms with E-state index in [1.807, 2.05) is 55.5 Å². The number of aromatic nitrogens is 5. The van der Waals surface area contributed by atoms with E-state index in [4.69, 9.17) is 9.15 Å². The molecule has 184 valence electrons. The number of pyridine rings is 1. The molecule has 0 fully saturated rings. The van der Waals surface area contributed by atoms with Crippen molar-refractivity contribution in [3.05, 3.63) is 112 Å². The summed E-state index contributed by atoms with van der Waals surface area (Å²) in [7, 11) is 1.64. The number of benzene rings is 2. The normalized spacial score (nSPS) is 12.4. The molecule has 3 aromatic heterocycles. The van der Waals surface area contributed by atoms with Crippen LogP contribution in [-0.4, -0.2) is 43.8 Å². The Kier molecular flexibility index (Phi) is 7.01. The lowest BCUT2D eigenvalue weighted by atomic mass is 10.0. The monoisotopic (exact) mass is 484 g/mol. The molecule has 9 heteroatoms. The minimum absolute atomic E-state index is 0.185. The molecule has 9 nitrogen and oxygen atoms in total. The van der Waals surface area contributed by atoms with Crippen LogP contribution in [0.4, 0.5) is 0 Å². The first-order valence-electron chi connectivity index (χ1n) is 11.8. The maximum Gasteiger partial charge on any atom is 0.253 e. The van der Waals surface area contributed by atoms with Gasteiger partial charge >= 0.3 is 0 Å². The first-order valence-corrected chi connectivity index (χ1v) is 11.8. The number of nitrogens with one attached hydrogen (secondary N) is 1. The zero-order chi connectivity index (χ0) is 24.9. The van der Waals surface area contributed by atoms with E-state index in [9.17, 15) is 4.79 Å². The molecule has 3 heterocycles. The van der Waals surface area contributed by atoms with Crippen LogP contribution in [0, 0.1) is 6.92 Å². The molecule has 0 saturated carbocycles. The predicted molar refractivity (Wildman–Crippen MR) is 135 cm³/mol. The first kappa shape index (κ1) is 23.7. The Balaban J connectivity index is 1.68. The number of hydrogen-bond donors (Lipinski definition) is 1. The molecule has 0 spiro atoms. The second-order valence-electron chi connectivity index (χ2n) is 8.77. The SMILES string of the molecule is COCCn1nnnc1[C@@H](c1cc2cc(C)ccc2[nH]c1=O)N(Cc1ccccc1)Cc1ccco1. The fourth-order valence-corrected chi connectivity index (χ4v) is 4.45. The van der Waals surface area contributed by atoms with E-state index in [0.29, 0.717) is 37.6 Å². The number of furan rings is 1. The number of tetrazole rings is 1. The molecule has 0 amide bonds. The third-order valence-corrected chi connectivity index (χ3v) is 6.17. The zero-order valence-electron chi connectivity index (χ0n) is 20.3. The highest BCUT2D eigenvalue weighted by molar-refractivity contribution is 5.79. The van der Waals surface area contributed by atoms with Crippen molar-refractivity contribution < 1.29 is 9.15 Å². The van der Waals surface area contributed by atoms with Crippen LogP contribution in [0.2, 0.25) is 0 Å². The largest absolute Gasteiger partial charge is 0.468 e. The second-order valence-corrected chi connectivity index (χ2v) is 8.77. The highest BCUT2D eigenvalue weighted by Crippen LogP contribution is 2.30. The number of rotatable bonds is 10. The molecule has 2 aromatic carbocycles. The summed E-state index contributed by atoms with van der Waals surface area (Å²) in [5.74, 6) is 1.34. The quantitative estimate of drug-likeness (QED) is 0.321. The summed E-state index contributed by atoms with van der Waals surface area (Å²) in [5.41, 5.74) is 3.36. The number of aryl methyl sites for hydroxylation is 1. The van der Waals surface area contributed by atoms with Crippen LogP contribution < -0.4 is 5.56 Å². The molecule has 1 atom stereocenters. The molecule has 0 unspecified atom stereocenters. The molecular formula is C27H28N6O3. The number of methoxy groups -OCH3 is 1. The van der Waals surface area contributed by atoms with Crippen LogP contribution in [0.15, 0.2) is 82.2 Å². The Labute approximate surface area is 208 Å². The summed E-state index contributed by atoms with van der Waals surface area (Å²) in [6.07, 6.45) is 1.65. The van der Waals surface area contributed by atoms with Gasteiger partial charge in [0.2, 0.25) is 0 Å². The zero-order valence-corrected chi connectivity index (χ0v) is 20.3. The van der Waals surface area contributed by atoms with Gasteiger partial charge in [-0.1, -0.05) is 42.0 Å². The maximum atomic E-state index is 13.5.